The second-order valence-corrected chi connectivity index (χ2v) is 7.07. The fraction of sp³-hybridized carbons (Fsp3) is 0.0800. The minimum Gasteiger partial charge on any atom is -0.349 e. The minimum atomic E-state index is -0.233. The maximum absolute atomic E-state index is 12.8. The standard InChI is InChI=1S/C25H22N4O2/c1-2-13-26-25(31)22-17-29(16-18-9-5-3-6-10-18)23-21(22)14-20(15-27-23)28-24(30)19-11-7-4-8-12-19/h2-12,14-15,17H,1,13,16H2,(H,26,31)(H,28,30). The van der Waals surface area contributed by atoms with E-state index in [0.717, 1.165) is 5.56 Å². The number of carbonyl (C=O) groups is 2. The Morgan fingerprint density at radius 3 is 2.42 bits per heavy atom. The molecule has 6 nitrogen and oxygen atoms in total. The van der Waals surface area contributed by atoms with Crippen LogP contribution in [0.4, 0.5) is 5.69 Å². The number of rotatable bonds is 7. The number of fused-ring (bicyclic) bond motifs is 1. The lowest BCUT2D eigenvalue weighted by Gasteiger charge is -2.07. The van der Waals surface area contributed by atoms with Crippen LogP contribution in [0, 0.1) is 0 Å². The SMILES string of the molecule is C=CCNC(=O)c1cn(Cc2ccccc2)c2ncc(NC(=O)c3ccccc3)cc12. The molecule has 31 heavy (non-hydrogen) atoms. The number of carbonyl (C=O) groups excluding carboxylic acids is 2. The van der Waals surface area contributed by atoms with E-state index < -0.39 is 0 Å². The zero-order valence-corrected chi connectivity index (χ0v) is 16.9. The van der Waals surface area contributed by atoms with Crippen LogP contribution in [0.25, 0.3) is 11.0 Å². The fourth-order valence-electron chi connectivity index (χ4n) is 3.37. The maximum Gasteiger partial charge on any atom is 0.255 e. The van der Waals surface area contributed by atoms with Crippen molar-refractivity contribution in [2.24, 2.45) is 0 Å². The van der Waals surface area contributed by atoms with Gasteiger partial charge in [0, 0.05) is 30.2 Å². The minimum absolute atomic E-state index is 0.218. The van der Waals surface area contributed by atoms with Gasteiger partial charge in [0.15, 0.2) is 0 Å². The van der Waals surface area contributed by atoms with Crippen molar-refractivity contribution in [3.8, 4) is 0 Å². The van der Waals surface area contributed by atoms with E-state index in [1.165, 1.54) is 0 Å². The molecule has 154 valence electrons. The van der Waals surface area contributed by atoms with Gasteiger partial charge in [0.05, 0.1) is 17.4 Å². The van der Waals surface area contributed by atoms with Crippen molar-refractivity contribution >= 4 is 28.5 Å². The van der Waals surface area contributed by atoms with Gasteiger partial charge in [0.25, 0.3) is 11.8 Å². The molecule has 2 N–H and O–H groups in total. The molecular formula is C25H22N4O2. The molecule has 0 radical (unpaired) electrons. The summed E-state index contributed by atoms with van der Waals surface area (Å²) in [5.41, 5.74) is 3.34. The van der Waals surface area contributed by atoms with Crippen LogP contribution in [0.2, 0.25) is 0 Å². The van der Waals surface area contributed by atoms with Gasteiger partial charge in [-0.05, 0) is 23.8 Å². The first kappa shape index (κ1) is 20.1. The van der Waals surface area contributed by atoms with Gasteiger partial charge < -0.3 is 15.2 Å². The second-order valence-electron chi connectivity index (χ2n) is 7.07. The molecule has 4 aromatic rings. The molecule has 2 amide bonds. The third-order valence-electron chi connectivity index (χ3n) is 4.85. The van der Waals surface area contributed by atoms with E-state index in [1.807, 2.05) is 53.1 Å². The lowest BCUT2D eigenvalue weighted by Crippen LogP contribution is -2.23. The van der Waals surface area contributed by atoms with Gasteiger partial charge in [0.1, 0.15) is 5.65 Å². The van der Waals surface area contributed by atoms with E-state index in [2.05, 4.69) is 22.2 Å². The van der Waals surface area contributed by atoms with E-state index in [4.69, 9.17) is 0 Å². The normalized spacial score (nSPS) is 10.6. The predicted octanol–water partition coefficient (Wildman–Crippen LogP) is 4.25. The zero-order chi connectivity index (χ0) is 21.6. The van der Waals surface area contributed by atoms with E-state index in [0.29, 0.717) is 40.9 Å². The number of pyridine rings is 1. The van der Waals surface area contributed by atoms with Gasteiger partial charge in [-0.15, -0.1) is 6.58 Å². The largest absolute Gasteiger partial charge is 0.349 e. The highest BCUT2D eigenvalue weighted by Gasteiger charge is 2.17. The fourth-order valence-corrected chi connectivity index (χ4v) is 3.37. The molecule has 2 aromatic heterocycles. The molecule has 0 spiro atoms. The van der Waals surface area contributed by atoms with Crippen molar-refractivity contribution in [2.75, 3.05) is 11.9 Å². The molecule has 0 aliphatic carbocycles. The average Bonchev–Trinajstić information content (AvgIpc) is 3.16. The predicted molar refractivity (Wildman–Crippen MR) is 122 cm³/mol. The topological polar surface area (TPSA) is 76.0 Å². The molecule has 0 fully saturated rings. The Labute approximate surface area is 180 Å². The number of amides is 2. The lowest BCUT2D eigenvalue weighted by molar-refractivity contribution is 0.0958. The first-order valence-corrected chi connectivity index (χ1v) is 9.94. The van der Waals surface area contributed by atoms with E-state index in [9.17, 15) is 9.59 Å². The van der Waals surface area contributed by atoms with E-state index in [1.54, 1.807) is 36.7 Å². The second kappa shape index (κ2) is 9.09. The summed E-state index contributed by atoms with van der Waals surface area (Å²) in [6.07, 6.45) is 5.03. The molecule has 0 bridgehead atoms. The Morgan fingerprint density at radius 2 is 1.71 bits per heavy atom. The Balaban J connectivity index is 1.70. The van der Waals surface area contributed by atoms with Crippen LogP contribution in [0.5, 0.6) is 0 Å². The highest BCUT2D eigenvalue weighted by Crippen LogP contribution is 2.24. The molecular weight excluding hydrogens is 388 g/mol. The van der Waals surface area contributed by atoms with Crippen molar-refractivity contribution in [1.29, 1.82) is 0 Å². The average molecular weight is 410 g/mol. The molecule has 0 aliphatic rings. The number of anilines is 1. The third kappa shape index (κ3) is 4.53. The number of hydrogen-bond acceptors (Lipinski definition) is 3. The third-order valence-corrected chi connectivity index (χ3v) is 4.85. The Bertz CT molecular complexity index is 1230. The molecule has 0 saturated heterocycles. The van der Waals surface area contributed by atoms with Crippen LogP contribution >= 0.6 is 0 Å². The summed E-state index contributed by atoms with van der Waals surface area (Å²) < 4.78 is 1.94. The van der Waals surface area contributed by atoms with Crippen LogP contribution in [-0.2, 0) is 6.54 Å². The van der Waals surface area contributed by atoms with Crippen LogP contribution in [-0.4, -0.2) is 27.9 Å². The number of aromatic nitrogens is 2. The monoisotopic (exact) mass is 410 g/mol. The van der Waals surface area contributed by atoms with Crippen molar-refractivity contribution in [3.05, 3.63) is 108 Å². The zero-order valence-electron chi connectivity index (χ0n) is 16.9. The number of nitrogens with zero attached hydrogens (tertiary/aromatic N) is 2. The van der Waals surface area contributed by atoms with Crippen molar-refractivity contribution < 1.29 is 9.59 Å². The molecule has 0 atom stereocenters. The Morgan fingerprint density at radius 1 is 1.00 bits per heavy atom. The Kier molecular flexibility index (Phi) is 5.89. The van der Waals surface area contributed by atoms with Crippen LogP contribution in [0.15, 0.2) is 91.8 Å². The Hall–Kier alpha value is -4.19. The van der Waals surface area contributed by atoms with Gasteiger partial charge in [-0.25, -0.2) is 4.98 Å². The molecule has 2 heterocycles. The van der Waals surface area contributed by atoms with E-state index in [-0.39, 0.29) is 11.8 Å². The van der Waals surface area contributed by atoms with E-state index >= 15 is 0 Å². The maximum atomic E-state index is 12.8. The van der Waals surface area contributed by atoms with Gasteiger partial charge in [-0.1, -0.05) is 54.6 Å². The first-order valence-electron chi connectivity index (χ1n) is 9.94. The quantitative estimate of drug-likeness (QED) is 0.447. The molecule has 0 aliphatic heterocycles. The molecule has 0 unspecified atom stereocenters. The molecule has 6 heteroatoms. The van der Waals surface area contributed by atoms with Crippen LogP contribution < -0.4 is 10.6 Å². The summed E-state index contributed by atoms with van der Waals surface area (Å²) in [6.45, 7) is 4.59. The summed E-state index contributed by atoms with van der Waals surface area (Å²) in [4.78, 5) is 29.8. The van der Waals surface area contributed by atoms with Gasteiger partial charge in [0.2, 0.25) is 0 Å². The summed E-state index contributed by atoms with van der Waals surface area (Å²) in [5.74, 6) is -0.451. The molecule has 2 aromatic carbocycles. The number of benzene rings is 2. The number of hydrogen-bond donors (Lipinski definition) is 2. The van der Waals surface area contributed by atoms with Gasteiger partial charge in [-0.2, -0.15) is 0 Å². The van der Waals surface area contributed by atoms with Gasteiger partial charge >= 0.3 is 0 Å². The highest BCUT2D eigenvalue weighted by atomic mass is 16.2. The summed E-state index contributed by atoms with van der Waals surface area (Å²) in [7, 11) is 0. The van der Waals surface area contributed by atoms with Gasteiger partial charge in [-0.3, -0.25) is 9.59 Å². The van der Waals surface area contributed by atoms with Crippen molar-refractivity contribution in [1.82, 2.24) is 14.9 Å². The summed E-state index contributed by atoms with van der Waals surface area (Å²) in [5, 5.41) is 6.35. The lowest BCUT2D eigenvalue weighted by atomic mass is 10.2. The van der Waals surface area contributed by atoms with Crippen LogP contribution in [0.3, 0.4) is 0 Å². The highest BCUT2D eigenvalue weighted by molar-refractivity contribution is 6.08. The summed E-state index contributed by atoms with van der Waals surface area (Å²) >= 11 is 0. The smallest absolute Gasteiger partial charge is 0.255 e. The molecule has 4 rings (SSSR count). The first-order chi connectivity index (χ1) is 15.2. The van der Waals surface area contributed by atoms with Crippen molar-refractivity contribution in [3.63, 3.8) is 0 Å². The number of nitrogens with one attached hydrogen (secondary N) is 2. The molecule has 0 saturated carbocycles. The van der Waals surface area contributed by atoms with Crippen molar-refractivity contribution in [2.45, 2.75) is 6.54 Å². The summed E-state index contributed by atoms with van der Waals surface area (Å²) in [6, 6.07) is 20.7. The van der Waals surface area contributed by atoms with Crippen LogP contribution in [0.1, 0.15) is 26.3 Å².